The van der Waals surface area contributed by atoms with Gasteiger partial charge in [-0.25, -0.2) is 13.8 Å². The Morgan fingerprint density at radius 1 is 1.27 bits per heavy atom. The van der Waals surface area contributed by atoms with Gasteiger partial charge in [-0.15, -0.1) is 11.3 Å². The standard InChI is InChI=1S/C10H5F2NOS/c11-7-2-1-3-8(12)9(7)10-13-6(4-14)5-15-10/h1-5H. The van der Waals surface area contributed by atoms with Gasteiger partial charge in [-0.05, 0) is 12.1 Å². The van der Waals surface area contributed by atoms with Gasteiger partial charge in [0, 0.05) is 5.38 Å². The maximum atomic E-state index is 13.3. The normalized spacial score (nSPS) is 10.3. The van der Waals surface area contributed by atoms with E-state index in [0.29, 0.717) is 6.29 Å². The fraction of sp³-hybridized carbons (Fsp3) is 0. The van der Waals surface area contributed by atoms with Gasteiger partial charge in [0.05, 0.1) is 5.56 Å². The molecule has 0 radical (unpaired) electrons. The van der Waals surface area contributed by atoms with Crippen LogP contribution in [0.15, 0.2) is 23.6 Å². The molecule has 2 nitrogen and oxygen atoms in total. The lowest BCUT2D eigenvalue weighted by Crippen LogP contribution is -1.89. The van der Waals surface area contributed by atoms with E-state index < -0.39 is 11.6 Å². The summed E-state index contributed by atoms with van der Waals surface area (Å²) in [5.74, 6) is -1.36. The average Bonchev–Trinajstić information content (AvgIpc) is 2.66. The summed E-state index contributed by atoms with van der Waals surface area (Å²) < 4.78 is 26.6. The molecule has 0 N–H and O–H groups in total. The molecule has 1 aromatic carbocycles. The minimum Gasteiger partial charge on any atom is -0.296 e. The number of rotatable bonds is 2. The van der Waals surface area contributed by atoms with E-state index in [4.69, 9.17) is 0 Å². The first-order valence-electron chi connectivity index (χ1n) is 4.07. The van der Waals surface area contributed by atoms with Crippen LogP contribution >= 0.6 is 11.3 Å². The highest BCUT2D eigenvalue weighted by Crippen LogP contribution is 2.28. The molecule has 0 aliphatic heterocycles. The predicted octanol–water partition coefficient (Wildman–Crippen LogP) is 2.90. The van der Waals surface area contributed by atoms with E-state index >= 15 is 0 Å². The van der Waals surface area contributed by atoms with Crippen molar-refractivity contribution in [3.8, 4) is 10.6 Å². The second-order valence-electron chi connectivity index (χ2n) is 2.79. The number of hydrogen-bond donors (Lipinski definition) is 0. The molecule has 5 heteroatoms. The first-order chi connectivity index (χ1) is 7.22. The third-order valence-corrected chi connectivity index (χ3v) is 2.70. The molecule has 0 saturated heterocycles. The topological polar surface area (TPSA) is 30.0 Å². The number of nitrogens with zero attached hydrogens (tertiary/aromatic N) is 1. The van der Waals surface area contributed by atoms with Crippen molar-refractivity contribution in [2.45, 2.75) is 0 Å². The first kappa shape index (κ1) is 9.92. The van der Waals surface area contributed by atoms with E-state index in [9.17, 15) is 13.6 Å². The fourth-order valence-electron chi connectivity index (χ4n) is 1.16. The van der Waals surface area contributed by atoms with Crippen LogP contribution in [0.2, 0.25) is 0 Å². The summed E-state index contributed by atoms with van der Waals surface area (Å²) in [5, 5.41) is 1.63. The number of carbonyl (C=O) groups is 1. The molecule has 0 aliphatic carbocycles. The van der Waals surface area contributed by atoms with Crippen LogP contribution in [0, 0.1) is 11.6 Å². The van der Waals surface area contributed by atoms with Crippen molar-refractivity contribution in [1.82, 2.24) is 4.98 Å². The number of thiazole rings is 1. The summed E-state index contributed by atoms with van der Waals surface area (Å²) in [6.07, 6.45) is 0.540. The Morgan fingerprint density at radius 2 is 1.93 bits per heavy atom. The third kappa shape index (κ3) is 1.78. The average molecular weight is 225 g/mol. The summed E-state index contributed by atoms with van der Waals surface area (Å²) in [6.45, 7) is 0. The van der Waals surface area contributed by atoms with Crippen LogP contribution in [0.25, 0.3) is 10.6 Å². The Hall–Kier alpha value is -1.62. The molecule has 2 aromatic rings. The predicted molar refractivity (Wildman–Crippen MR) is 52.9 cm³/mol. The Labute approximate surface area is 88.2 Å². The molecule has 0 aliphatic rings. The second kappa shape index (κ2) is 3.86. The quantitative estimate of drug-likeness (QED) is 0.735. The zero-order chi connectivity index (χ0) is 10.8. The zero-order valence-electron chi connectivity index (χ0n) is 7.41. The lowest BCUT2D eigenvalue weighted by atomic mass is 10.2. The molecule has 0 spiro atoms. The van der Waals surface area contributed by atoms with Gasteiger partial charge in [0.25, 0.3) is 0 Å². The van der Waals surface area contributed by atoms with Crippen LogP contribution in [0.1, 0.15) is 10.5 Å². The minimum absolute atomic E-state index is 0.174. The number of hydrogen-bond acceptors (Lipinski definition) is 3. The number of benzene rings is 1. The van der Waals surface area contributed by atoms with Crippen LogP contribution in [0.3, 0.4) is 0 Å². The van der Waals surface area contributed by atoms with Crippen molar-refractivity contribution in [2.75, 3.05) is 0 Å². The van der Waals surface area contributed by atoms with Gasteiger partial charge in [0.15, 0.2) is 6.29 Å². The summed E-state index contributed by atoms with van der Waals surface area (Å²) >= 11 is 1.03. The Kier molecular flexibility index (Phi) is 2.55. The molecule has 2 rings (SSSR count). The first-order valence-corrected chi connectivity index (χ1v) is 4.95. The van der Waals surface area contributed by atoms with Crippen LogP contribution in [0.4, 0.5) is 8.78 Å². The lowest BCUT2D eigenvalue weighted by molar-refractivity contribution is 0.111. The van der Waals surface area contributed by atoms with E-state index in [1.807, 2.05) is 0 Å². The summed E-state index contributed by atoms with van der Waals surface area (Å²) in [7, 11) is 0. The Balaban J connectivity index is 2.58. The molecule has 1 heterocycles. The summed E-state index contributed by atoms with van der Waals surface area (Å²) in [4.78, 5) is 14.2. The molecule has 0 fully saturated rings. The highest BCUT2D eigenvalue weighted by Gasteiger charge is 2.14. The second-order valence-corrected chi connectivity index (χ2v) is 3.65. The highest BCUT2D eigenvalue weighted by atomic mass is 32.1. The number of halogens is 2. The molecule has 0 atom stereocenters. The molecule has 0 unspecified atom stereocenters. The zero-order valence-corrected chi connectivity index (χ0v) is 8.22. The van der Waals surface area contributed by atoms with Gasteiger partial charge in [0.2, 0.25) is 0 Å². The molecular formula is C10H5F2NOS. The van der Waals surface area contributed by atoms with Crippen LogP contribution in [0.5, 0.6) is 0 Å². The van der Waals surface area contributed by atoms with E-state index in [1.54, 1.807) is 0 Å². The summed E-state index contributed by atoms with van der Waals surface area (Å²) in [5.41, 5.74) is -0.00625. The number of aromatic nitrogens is 1. The fourth-order valence-corrected chi connectivity index (χ4v) is 1.97. The van der Waals surface area contributed by atoms with Gasteiger partial charge in [-0.3, -0.25) is 4.79 Å². The molecule has 1 aromatic heterocycles. The van der Waals surface area contributed by atoms with Gasteiger partial charge in [-0.2, -0.15) is 0 Å². The van der Waals surface area contributed by atoms with Gasteiger partial charge in [-0.1, -0.05) is 6.07 Å². The van der Waals surface area contributed by atoms with E-state index in [1.165, 1.54) is 11.4 Å². The van der Waals surface area contributed by atoms with Crippen molar-refractivity contribution in [1.29, 1.82) is 0 Å². The highest BCUT2D eigenvalue weighted by molar-refractivity contribution is 7.13. The smallest absolute Gasteiger partial charge is 0.169 e. The molecule has 0 amide bonds. The monoisotopic (exact) mass is 225 g/mol. The SMILES string of the molecule is O=Cc1csc(-c2c(F)cccc2F)n1. The third-order valence-electron chi connectivity index (χ3n) is 1.82. The van der Waals surface area contributed by atoms with Crippen LogP contribution in [-0.4, -0.2) is 11.3 Å². The van der Waals surface area contributed by atoms with Crippen molar-refractivity contribution in [3.05, 3.63) is 40.9 Å². The molecule has 0 saturated carbocycles. The maximum Gasteiger partial charge on any atom is 0.169 e. The molecular weight excluding hydrogens is 220 g/mol. The number of carbonyl (C=O) groups excluding carboxylic acids is 1. The van der Waals surface area contributed by atoms with Crippen molar-refractivity contribution < 1.29 is 13.6 Å². The Morgan fingerprint density at radius 3 is 2.47 bits per heavy atom. The van der Waals surface area contributed by atoms with E-state index in [2.05, 4.69) is 4.98 Å². The van der Waals surface area contributed by atoms with Crippen LogP contribution in [-0.2, 0) is 0 Å². The number of aldehydes is 1. The minimum atomic E-state index is -0.679. The van der Waals surface area contributed by atoms with Gasteiger partial charge >= 0.3 is 0 Å². The van der Waals surface area contributed by atoms with Crippen LogP contribution < -0.4 is 0 Å². The van der Waals surface area contributed by atoms with Crippen molar-refractivity contribution in [3.63, 3.8) is 0 Å². The van der Waals surface area contributed by atoms with Gasteiger partial charge < -0.3 is 0 Å². The molecule has 76 valence electrons. The summed E-state index contributed by atoms with van der Waals surface area (Å²) in [6, 6.07) is 3.59. The van der Waals surface area contributed by atoms with Gasteiger partial charge in [0.1, 0.15) is 22.3 Å². The maximum absolute atomic E-state index is 13.3. The molecule has 15 heavy (non-hydrogen) atoms. The van der Waals surface area contributed by atoms with Crippen molar-refractivity contribution in [2.24, 2.45) is 0 Å². The molecule has 0 bridgehead atoms. The largest absolute Gasteiger partial charge is 0.296 e. The Bertz CT molecular complexity index is 490. The lowest BCUT2D eigenvalue weighted by Gasteiger charge is -1.99. The van der Waals surface area contributed by atoms with E-state index in [0.717, 1.165) is 23.5 Å². The van der Waals surface area contributed by atoms with Crippen molar-refractivity contribution >= 4 is 17.6 Å². The van der Waals surface area contributed by atoms with E-state index in [-0.39, 0.29) is 16.3 Å².